The second-order valence-electron chi connectivity index (χ2n) is 6.35. The number of rotatable bonds is 1. The largest absolute Gasteiger partial charge is 0.360 e. The third-order valence-corrected chi connectivity index (χ3v) is 5.42. The number of sulfonamides is 1. The van der Waals surface area contributed by atoms with Crippen molar-refractivity contribution >= 4 is 27.2 Å². The molecule has 0 atom stereocenters. The molecule has 1 saturated carbocycles. The molecule has 0 N–H and O–H groups in total. The minimum Gasteiger partial charge on any atom is -0.360 e. The van der Waals surface area contributed by atoms with Crippen molar-refractivity contribution in [2.75, 3.05) is 30.2 Å². The molecule has 1 aliphatic heterocycles. The molecule has 1 heterocycles. The predicted octanol–water partition coefficient (Wildman–Crippen LogP) is 2.63. The molecule has 0 radical (unpaired) electrons. The summed E-state index contributed by atoms with van der Waals surface area (Å²) in [5, 5.41) is 0. The Balaban J connectivity index is 2.23. The second-order valence-corrected chi connectivity index (χ2v) is 8.00. The summed E-state index contributed by atoms with van der Waals surface area (Å²) < 4.78 is 27.9. The molecule has 1 aromatic carbocycles. The number of likely N-dealkylation sites (N-methyl/N-ethyl adjacent to an activating group) is 2. The number of fused-ring (bicyclic) bond motifs is 1. The van der Waals surface area contributed by atoms with E-state index < -0.39 is 10.0 Å². The second kappa shape index (κ2) is 5.26. The van der Waals surface area contributed by atoms with Gasteiger partial charge in [0.05, 0.1) is 23.2 Å². The van der Waals surface area contributed by atoms with Crippen molar-refractivity contribution in [2.45, 2.75) is 37.6 Å². The zero-order valence-electron chi connectivity index (χ0n) is 13.4. The molecule has 1 fully saturated rings. The number of benzene rings is 1. The van der Waals surface area contributed by atoms with Crippen LogP contribution in [0.4, 0.5) is 11.4 Å². The number of hydrogen-bond acceptors (Lipinski definition) is 3. The minimum absolute atomic E-state index is 0.315. The molecule has 2 aliphatic rings. The maximum Gasteiger partial charge on any atom is 0.251 e. The summed E-state index contributed by atoms with van der Waals surface area (Å²) in [7, 11) is 0.549. The van der Waals surface area contributed by atoms with Crippen LogP contribution in [0, 0.1) is 0 Å². The van der Waals surface area contributed by atoms with E-state index in [9.17, 15) is 8.42 Å². The van der Waals surface area contributed by atoms with E-state index >= 15 is 0 Å². The van der Waals surface area contributed by atoms with Crippen LogP contribution in [-0.4, -0.2) is 40.1 Å². The standard InChI is InChI=1S/C16H23N3O2S/c1-18-13-9-5-6-10-14(13)19(2)16(11-7-4-8-12-16)15(18)17-22(3,20)21/h5-6,9-10H,4,7-8,11-12H2,1-3H3/b17-15-. The molecular formula is C16H23N3O2S. The maximum atomic E-state index is 11.9. The first kappa shape index (κ1) is 15.3. The first-order valence-corrected chi connectivity index (χ1v) is 9.57. The Labute approximate surface area is 132 Å². The van der Waals surface area contributed by atoms with Crippen LogP contribution in [0.1, 0.15) is 32.1 Å². The Morgan fingerprint density at radius 3 is 2.23 bits per heavy atom. The molecule has 120 valence electrons. The summed E-state index contributed by atoms with van der Waals surface area (Å²) >= 11 is 0. The summed E-state index contributed by atoms with van der Waals surface area (Å²) in [5.41, 5.74) is 1.83. The number of hydrogen-bond donors (Lipinski definition) is 0. The zero-order chi connectivity index (χ0) is 16.0. The average molecular weight is 321 g/mol. The van der Waals surface area contributed by atoms with Crippen molar-refractivity contribution in [3.05, 3.63) is 24.3 Å². The normalized spacial score (nSPS) is 23.0. The van der Waals surface area contributed by atoms with E-state index in [-0.39, 0.29) is 5.54 Å². The molecule has 22 heavy (non-hydrogen) atoms. The quantitative estimate of drug-likeness (QED) is 0.798. The molecule has 6 heteroatoms. The highest BCUT2D eigenvalue weighted by Crippen LogP contribution is 2.45. The van der Waals surface area contributed by atoms with E-state index in [2.05, 4.69) is 22.4 Å². The molecule has 3 rings (SSSR count). The first-order chi connectivity index (χ1) is 10.4. The summed E-state index contributed by atoms with van der Waals surface area (Å²) in [5.74, 6) is 0.663. The molecule has 0 saturated heterocycles. The predicted molar refractivity (Wildman–Crippen MR) is 91.3 cm³/mol. The van der Waals surface area contributed by atoms with Crippen LogP contribution in [0.3, 0.4) is 0 Å². The van der Waals surface area contributed by atoms with Gasteiger partial charge in [-0.15, -0.1) is 4.40 Å². The van der Waals surface area contributed by atoms with E-state index in [0.717, 1.165) is 37.1 Å². The van der Waals surface area contributed by atoms with Crippen molar-refractivity contribution in [2.24, 2.45) is 4.40 Å². The van der Waals surface area contributed by atoms with E-state index in [0.29, 0.717) is 5.84 Å². The fourth-order valence-corrected chi connectivity index (χ4v) is 4.44. The number of para-hydroxylation sites is 2. The fraction of sp³-hybridized carbons (Fsp3) is 0.562. The monoisotopic (exact) mass is 321 g/mol. The van der Waals surface area contributed by atoms with Crippen LogP contribution in [0.2, 0.25) is 0 Å². The number of anilines is 2. The Morgan fingerprint density at radius 1 is 1.05 bits per heavy atom. The van der Waals surface area contributed by atoms with Gasteiger partial charge >= 0.3 is 0 Å². The lowest BCUT2D eigenvalue weighted by molar-refractivity contribution is 0.361. The van der Waals surface area contributed by atoms with Crippen molar-refractivity contribution < 1.29 is 8.42 Å². The van der Waals surface area contributed by atoms with Gasteiger partial charge in [-0.25, -0.2) is 8.42 Å². The van der Waals surface area contributed by atoms with Gasteiger partial charge < -0.3 is 9.80 Å². The third kappa shape index (κ3) is 2.39. The lowest BCUT2D eigenvalue weighted by Crippen LogP contribution is -2.62. The summed E-state index contributed by atoms with van der Waals surface area (Å²) in [6.45, 7) is 0. The highest BCUT2D eigenvalue weighted by Gasteiger charge is 2.47. The Hall–Kier alpha value is -1.56. The van der Waals surface area contributed by atoms with Crippen LogP contribution in [0.15, 0.2) is 28.7 Å². The molecule has 1 spiro atoms. The number of nitrogens with zero attached hydrogens (tertiary/aromatic N) is 3. The maximum absolute atomic E-state index is 11.9. The highest BCUT2D eigenvalue weighted by molar-refractivity contribution is 7.89. The molecule has 5 nitrogen and oxygen atoms in total. The molecule has 1 aromatic rings. The average Bonchev–Trinajstić information content (AvgIpc) is 2.50. The van der Waals surface area contributed by atoms with Crippen LogP contribution in [0.25, 0.3) is 0 Å². The Kier molecular flexibility index (Phi) is 3.67. The lowest BCUT2D eigenvalue weighted by atomic mass is 9.77. The summed E-state index contributed by atoms with van der Waals surface area (Å²) in [6, 6.07) is 8.11. The van der Waals surface area contributed by atoms with Crippen LogP contribution < -0.4 is 9.80 Å². The van der Waals surface area contributed by atoms with Crippen molar-refractivity contribution in [1.82, 2.24) is 0 Å². The highest BCUT2D eigenvalue weighted by atomic mass is 32.2. The zero-order valence-corrected chi connectivity index (χ0v) is 14.2. The fourth-order valence-electron chi connectivity index (χ4n) is 3.84. The summed E-state index contributed by atoms with van der Waals surface area (Å²) in [6.07, 6.45) is 6.46. The molecule has 0 amide bonds. The Morgan fingerprint density at radius 2 is 1.64 bits per heavy atom. The molecule has 1 aliphatic carbocycles. The van der Waals surface area contributed by atoms with Crippen LogP contribution >= 0.6 is 0 Å². The van der Waals surface area contributed by atoms with Gasteiger partial charge in [0.15, 0.2) is 0 Å². The van der Waals surface area contributed by atoms with Crippen molar-refractivity contribution in [1.29, 1.82) is 0 Å². The van der Waals surface area contributed by atoms with Gasteiger partial charge in [-0.2, -0.15) is 0 Å². The summed E-state index contributed by atoms with van der Waals surface area (Å²) in [4.78, 5) is 4.20. The van der Waals surface area contributed by atoms with Gasteiger partial charge in [-0.05, 0) is 25.0 Å². The van der Waals surface area contributed by atoms with E-state index in [1.807, 2.05) is 30.1 Å². The Bertz CT molecular complexity index is 706. The van der Waals surface area contributed by atoms with Gasteiger partial charge in [0.25, 0.3) is 10.0 Å². The minimum atomic E-state index is -3.44. The van der Waals surface area contributed by atoms with E-state index in [1.165, 1.54) is 12.7 Å². The third-order valence-electron chi connectivity index (χ3n) is 4.91. The first-order valence-electron chi connectivity index (χ1n) is 7.72. The van der Waals surface area contributed by atoms with Crippen LogP contribution in [-0.2, 0) is 10.0 Å². The van der Waals surface area contributed by atoms with E-state index in [4.69, 9.17) is 0 Å². The van der Waals surface area contributed by atoms with E-state index in [1.54, 1.807) is 0 Å². The molecular weight excluding hydrogens is 298 g/mol. The lowest BCUT2D eigenvalue weighted by Gasteiger charge is -2.52. The molecule has 0 unspecified atom stereocenters. The SMILES string of the molecule is CN1/C(=N\S(C)(=O)=O)C2(CCCCC2)N(C)c2ccccc21. The van der Waals surface area contributed by atoms with Gasteiger partial charge in [0.1, 0.15) is 5.84 Å². The van der Waals surface area contributed by atoms with Gasteiger partial charge in [0, 0.05) is 14.1 Å². The molecule has 0 aromatic heterocycles. The van der Waals surface area contributed by atoms with Gasteiger partial charge in [-0.3, -0.25) is 0 Å². The number of amidine groups is 1. The van der Waals surface area contributed by atoms with Gasteiger partial charge in [0.2, 0.25) is 0 Å². The van der Waals surface area contributed by atoms with Crippen LogP contribution in [0.5, 0.6) is 0 Å². The topological polar surface area (TPSA) is 53.0 Å². The van der Waals surface area contributed by atoms with Gasteiger partial charge in [-0.1, -0.05) is 31.4 Å². The molecule has 0 bridgehead atoms. The van der Waals surface area contributed by atoms with Crippen molar-refractivity contribution in [3.63, 3.8) is 0 Å². The van der Waals surface area contributed by atoms with Crippen molar-refractivity contribution in [3.8, 4) is 0 Å². The smallest absolute Gasteiger partial charge is 0.251 e.